The van der Waals surface area contributed by atoms with Crippen molar-refractivity contribution in [1.82, 2.24) is 15.3 Å². The molecule has 0 unspecified atom stereocenters. The van der Waals surface area contributed by atoms with Gasteiger partial charge in [0.05, 0.1) is 32.4 Å². The van der Waals surface area contributed by atoms with Crippen LogP contribution in [0.25, 0.3) is 0 Å². The van der Waals surface area contributed by atoms with E-state index in [1.54, 1.807) is 20.3 Å². The average Bonchev–Trinajstić information content (AvgIpc) is 2.97. The maximum atomic E-state index is 11.3. The molecule has 2 N–H and O–H groups in total. The minimum absolute atomic E-state index is 0.104. The van der Waals surface area contributed by atoms with E-state index in [0.717, 1.165) is 19.5 Å². The summed E-state index contributed by atoms with van der Waals surface area (Å²) >= 11 is 0. The summed E-state index contributed by atoms with van der Waals surface area (Å²) in [6.45, 7) is 3.06. The largest absolute Gasteiger partial charge is 0.481 e. The molecular formula is C16H24N4O4. The molecule has 8 heteroatoms. The van der Waals surface area contributed by atoms with E-state index in [2.05, 4.69) is 20.2 Å². The average molecular weight is 336 g/mol. The molecule has 1 aliphatic heterocycles. The summed E-state index contributed by atoms with van der Waals surface area (Å²) in [6, 6.07) is 1.47. The van der Waals surface area contributed by atoms with Crippen molar-refractivity contribution in [2.24, 2.45) is 11.8 Å². The molecule has 1 aromatic rings. The number of aliphatic hydroxyl groups excluding tert-OH is 1. The van der Waals surface area contributed by atoms with Gasteiger partial charge >= 0.3 is 0 Å². The van der Waals surface area contributed by atoms with Gasteiger partial charge in [0.2, 0.25) is 23.6 Å². The molecule has 0 bridgehead atoms. The number of fused-ring (bicyclic) bond motifs is 1. The predicted octanol–water partition coefficient (Wildman–Crippen LogP) is 0.206. The standard InChI is InChI=1S/C16H24N4O4/c1-9(21)17-12-4-10-7-20(8-11(10)5-13(12)22)16-18-14(23-2)6-15(19-16)24-3/h6,10-13,22H,4-5,7-8H2,1-3H3,(H,17,21)/t10-,11+,12-,13-/m1/s1. The van der Waals surface area contributed by atoms with Crippen LogP contribution in [0.2, 0.25) is 0 Å². The molecule has 3 rings (SSSR count). The number of aromatic nitrogens is 2. The first-order chi connectivity index (χ1) is 11.5. The lowest BCUT2D eigenvalue weighted by atomic mass is 9.77. The van der Waals surface area contributed by atoms with Crippen LogP contribution in [-0.2, 0) is 4.79 Å². The van der Waals surface area contributed by atoms with Crippen LogP contribution in [-0.4, -0.2) is 60.4 Å². The molecule has 2 fully saturated rings. The number of rotatable bonds is 4. The first kappa shape index (κ1) is 16.8. The lowest BCUT2D eigenvalue weighted by Gasteiger charge is -2.35. The highest BCUT2D eigenvalue weighted by Crippen LogP contribution is 2.38. The van der Waals surface area contributed by atoms with Gasteiger partial charge in [0, 0.05) is 20.0 Å². The Morgan fingerprint density at radius 2 is 1.79 bits per heavy atom. The summed E-state index contributed by atoms with van der Waals surface area (Å²) in [7, 11) is 3.12. The summed E-state index contributed by atoms with van der Waals surface area (Å²) < 4.78 is 10.4. The Morgan fingerprint density at radius 3 is 2.33 bits per heavy atom. The Balaban J connectivity index is 1.74. The van der Waals surface area contributed by atoms with E-state index < -0.39 is 6.10 Å². The van der Waals surface area contributed by atoms with Gasteiger partial charge in [-0.2, -0.15) is 9.97 Å². The molecule has 1 aromatic heterocycles. The van der Waals surface area contributed by atoms with E-state index in [9.17, 15) is 9.90 Å². The Bertz CT molecular complexity index is 589. The molecule has 2 aliphatic rings. The fourth-order valence-electron chi connectivity index (χ4n) is 3.75. The molecule has 2 heterocycles. The van der Waals surface area contributed by atoms with Crippen molar-refractivity contribution in [3.8, 4) is 11.8 Å². The zero-order chi connectivity index (χ0) is 17.3. The van der Waals surface area contributed by atoms with Crippen molar-refractivity contribution < 1.29 is 19.4 Å². The van der Waals surface area contributed by atoms with Gasteiger partial charge < -0.3 is 24.8 Å². The highest BCUT2D eigenvalue weighted by atomic mass is 16.5. The van der Waals surface area contributed by atoms with E-state index in [-0.39, 0.29) is 11.9 Å². The van der Waals surface area contributed by atoms with Crippen molar-refractivity contribution in [1.29, 1.82) is 0 Å². The number of nitrogens with zero attached hydrogens (tertiary/aromatic N) is 3. The van der Waals surface area contributed by atoms with Crippen LogP contribution < -0.4 is 19.7 Å². The van der Waals surface area contributed by atoms with E-state index in [1.807, 2.05) is 0 Å². The van der Waals surface area contributed by atoms with Crippen LogP contribution in [0, 0.1) is 11.8 Å². The molecule has 0 radical (unpaired) electrons. The molecule has 4 atom stereocenters. The van der Waals surface area contributed by atoms with Crippen LogP contribution in [0.1, 0.15) is 19.8 Å². The van der Waals surface area contributed by atoms with Gasteiger partial charge in [-0.05, 0) is 24.7 Å². The van der Waals surface area contributed by atoms with Crippen molar-refractivity contribution in [2.75, 3.05) is 32.2 Å². The first-order valence-corrected chi connectivity index (χ1v) is 8.17. The molecular weight excluding hydrogens is 312 g/mol. The highest BCUT2D eigenvalue weighted by molar-refractivity contribution is 5.73. The van der Waals surface area contributed by atoms with Crippen molar-refractivity contribution >= 4 is 11.9 Å². The molecule has 0 aromatic carbocycles. The number of amides is 1. The Labute approximate surface area is 141 Å². The fourth-order valence-corrected chi connectivity index (χ4v) is 3.75. The number of aliphatic hydroxyl groups is 1. The molecule has 1 saturated carbocycles. The first-order valence-electron chi connectivity index (χ1n) is 8.17. The zero-order valence-corrected chi connectivity index (χ0v) is 14.2. The topological polar surface area (TPSA) is 96.8 Å². The summed E-state index contributed by atoms with van der Waals surface area (Å²) in [4.78, 5) is 22.2. The van der Waals surface area contributed by atoms with Crippen molar-refractivity contribution in [2.45, 2.75) is 31.9 Å². The molecule has 24 heavy (non-hydrogen) atoms. The third kappa shape index (κ3) is 3.38. The second-order valence-electron chi connectivity index (χ2n) is 6.52. The quantitative estimate of drug-likeness (QED) is 0.811. The molecule has 0 spiro atoms. The summed E-state index contributed by atoms with van der Waals surface area (Å²) in [5.41, 5.74) is 0. The molecule has 1 amide bonds. The van der Waals surface area contributed by atoms with Crippen molar-refractivity contribution in [3.63, 3.8) is 0 Å². The van der Waals surface area contributed by atoms with Crippen LogP contribution in [0.3, 0.4) is 0 Å². The predicted molar refractivity (Wildman–Crippen MR) is 87.2 cm³/mol. The number of hydrogen-bond acceptors (Lipinski definition) is 7. The molecule has 1 saturated heterocycles. The van der Waals surface area contributed by atoms with Gasteiger partial charge in [0.1, 0.15) is 0 Å². The second kappa shape index (κ2) is 6.80. The number of carbonyl (C=O) groups excluding carboxylic acids is 1. The number of carbonyl (C=O) groups is 1. The fraction of sp³-hybridized carbons (Fsp3) is 0.688. The number of nitrogens with one attached hydrogen (secondary N) is 1. The van der Waals surface area contributed by atoms with Crippen LogP contribution >= 0.6 is 0 Å². The van der Waals surface area contributed by atoms with E-state index in [1.165, 1.54) is 6.92 Å². The Morgan fingerprint density at radius 1 is 1.21 bits per heavy atom. The third-order valence-corrected chi connectivity index (χ3v) is 4.90. The summed E-state index contributed by atoms with van der Waals surface area (Å²) in [6.07, 6.45) is 0.937. The summed E-state index contributed by atoms with van der Waals surface area (Å²) in [5.74, 6) is 2.15. The molecule has 8 nitrogen and oxygen atoms in total. The Hall–Kier alpha value is -2.09. The van der Waals surface area contributed by atoms with Crippen LogP contribution in [0.5, 0.6) is 11.8 Å². The number of ether oxygens (including phenoxy) is 2. The SMILES string of the molecule is COc1cc(OC)nc(N2C[C@H]3C[C@@H](NC(C)=O)[C@H](O)C[C@H]3C2)n1. The summed E-state index contributed by atoms with van der Waals surface area (Å²) in [5, 5.41) is 13.1. The highest BCUT2D eigenvalue weighted by Gasteiger charge is 2.42. The van der Waals surface area contributed by atoms with Gasteiger partial charge in [-0.15, -0.1) is 0 Å². The van der Waals surface area contributed by atoms with Crippen LogP contribution in [0.15, 0.2) is 6.07 Å². The van der Waals surface area contributed by atoms with E-state index in [4.69, 9.17) is 9.47 Å². The number of anilines is 1. The van der Waals surface area contributed by atoms with E-state index >= 15 is 0 Å². The van der Waals surface area contributed by atoms with Crippen molar-refractivity contribution in [3.05, 3.63) is 6.07 Å². The monoisotopic (exact) mass is 336 g/mol. The lowest BCUT2D eigenvalue weighted by molar-refractivity contribution is -0.121. The lowest BCUT2D eigenvalue weighted by Crippen LogP contribution is -2.48. The minimum atomic E-state index is -0.504. The Kier molecular flexibility index (Phi) is 4.75. The molecule has 1 aliphatic carbocycles. The van der Waals surface area contributed by atoms with Gasteiger partial charge in [-0.3, -0.25) is 4.79 Å². The smallest absolute Gasteiger partial charge is 0.231 e. The number of hydrogen-bond donors (Lipinski definition) is 2. The van der Waals surface area contributed by atoms with Gasteiger partial charge in [-0.1, -0.05) is 0 Å². The zero-order valence-electron chi connectivity index (χ0n) is 14.2. The normalized spacial score (nSPS) is 29.1. The van der Waals surface area contributed by atoms with Gasteiger partial charge in [0.15, 0.2) is 0 Å². The van der Waals surface area contributed by atoms with E-state index in [0.29, 0.717) is 36.0 Å². The maximum absolute atomic E-state index is 11.3. The van der Waals surface area contributed by atoms with Gasteiger partial charge in [-0.25, -0.2) is 0 Å². The second-order valence-corrected chi connectivity index (χ2v) is 6.52. The van der Waals surface area contributed by atoms with Gasteiger partial charge in [0.25, 0.3) is 0 Å². The maximum Gasteiger partial charge on any atom is 0.231 e. The van der Waals surface area contributed by atoms with Crippen LogP contribution in [0.4, 0.5) is 5.95 Å². The number of methoxy groups -OCH3 is 2. The minimum Gasteiger partial charge on any atom is -0.481 e. The third-order valence-electron chi connectivity index (χ3n) is 4.90. The molecule has 132 valence electrons.